The van der Waals surface area contributed by atoms with Crippen LogP contribution in [-0.2, 0) is 14.3 Å². The molecule has 0 bridgehead atoms. The van der Waals surface area contributed by atoms with Gasteiger partial charge in [-0.3, -0.25) is 4.40 Å². The van der Waals surface area contributed by atoms with E-state index in [-0.39, 0.29) is 5.60 Å². The predicted molar refractivity (Wildman–Crippen MR) is 141 cm³/mol. The summed E-state index contributed by atoms with van der Waals surface area (Å²) >= 11 is 3.54. The van der Waals surface area contributed by atoms with Gasteiger partial charge in [-0.2, -0.15) is 0 Å². The number of fused-ring (bicyclic) bond motifs is 1. The van der Waals surface area contributed by atoms with Crippen LogP contribution in [0.15, 0.2) is 47.6 Å². The first kappa shape index (κ1) is 25.4. The molecule has 0 saturated carbocycles. The van der Waals surface area contributed by atoms with Gasteiger partial charge in [-0.05, 0) is 56.9 Å². The molecule has 4 rings (SSSR count). The van der Waals surface area contributed by atoms with Crippen LogP contribution in [0.1, 0.15) is 42.6 Å². The van der Waals surface area contributed by atoms with Crippen LogP contribution >= 0.6 is 15.9 Å². The highest BCUT2D eigenvalue weighted by atomic mass is 79.9. The number of piperidine rings is 1. The van der Waals surface area contributed by atoms with Gasteiger partial charge >= 0.3 is 5.97 Å². The normalized spacial score (nSPS) is 16.3. The van der Waals surface area contributed by atoms with Crippen LogP contribution in [0, 0.1) is 13.8 Å². The van der Waals surface area contributed by atoms with Gasteiger partial charge in [0.25, 0.3) is 0 Å². The Morgan fingerprint density at radius 3 is 2.66 bits per heavy atom. The Balaban J connectivity index is 1.88. The Bertz CT molecular complexity index is 1260. The van der Waals surface area contributed by atoms with E-state index in [1.165, 1.54) is 7.11 Å². The summed E-state index contributed by atoms with van der Waals surface area (Å²) in [6.07, 6.45) is 3.95. The van der Waals surface area contributed by atoms with Gasteiger partial charge in [-0.1, -0.05) is 34.1 Å². The maximum Gasteiger partial charge on any atom is 0.339 e. The minimum absolute atomic E-state index is 0.249. The largest absolute Gasteiger partial charge is 0.467 e. The molecule has 0 unspecified atom stereocenters. The van der Waals surface area contributed by atoms with Gasteiger partial charge in [0.1, 0.15) is 11.5 Å². The first-order chi connectivity index (χ1) is 16.7. The van der Waals surface area contributed by atoms with Crippen molar-refractivity contribution in [1.29, 1.82) is 0 Å². The van der Waals surface area contributed by atoms with Gasteiger partial charge in [-0.15, -0.1) is 6.58 Å². The molecule has 1 aromatic carbocycles. The van der Waals surface area contributed by atoms with Gasteiger partial charge in [0.2, 0.25) is 0 Å². The van der Waals surface area contributed by atoms with E-state index in [2.05, 4.69) is 34.3 Å². The molecule has 1 fully saturated rings. The van der Waals surface area contributed by atoms with Gasteiger partial charge in [0.15, 0.2) is 6.10 Å². The maximum absolute atomic E-state index is 12.5. The highest BCUT2D eigenvalue weighted by Crippen LogP contribution is 2.39. The molecule has 1 aliphatic heterocycles. The van der Waals surface area contributed by atoms with E-state index in [1.807, 2.05) is 48.7 Å². The van der Waals surface area contributed by atoms with Crippen molar-refractivity contribution in [3.8, 4) is 11.3 Å². The number of ether oxygens (including phenoxy) is 2. The Morgan fingerprint density at radius 1 is 1.31 bits per heavy atom. The van der Waals surface area contributed by atoms with Crippen molar-refractivity contribution >= 4 is 33.4 Å². The van der Waals surface area contributed by atoms with Crippen LogP contribution in [0.5, 0.6) is 0 Å². The van der Waals surface area contributed by atoms with Crippen molar-refractivity contribution in [2.75, 3.05) is 31.7 Å². The summed E-state index contributed by atoms with van der Waals surface area (Å²) in [7, 11) is 1.29. The number of carbonyl (C=O) groups is 1. The smallest absolute Gasteiger partial charge is 0.339 e. The number of methoxy groups -OCH3 is 1. The molecule has 3 heterocycles. The van der Waals surface area contributed by atoms with Crippen LogP contribution in [0.2, 0.25) is 0 Å². The first-order valence-electron chi connectivity index (χ1n) is 11.7. The average molecular weight is 542 g/mol. The van der Waals surface area contributed by atoms with Crippen molar-refractivity contribution in [2.45, 2.75) is 45.3 Å². The molecule has 1 atom stereocenters. The average Bonchev–Trinajstić information content (AvgIpc) is 3.30. The lowest BCUT2D eigenvalue weighted by Gasteiger charge is -2.41. The van der Waals surface area contributed by atoms with Crippen LogP contribution < -0.4 is 4.90 Å². The molecule has 7 nitrogen and oxygen atoms in total. The number of aryl methyl sites for hydroxylation is 1. The number of carbonyl (C=O) groups excluding carboxylic acids is 1. The van der Waals surface area contributed by atoms with Crippen LogP contribution in [0.4, 0.5) is 5.82 Å². The number of aromatic nitrogens is 2. The third kappa shape index (κ3) is 4.87. The molecule has 8 heteroatoms. The van der Waals surface area contributed by atoms with E-state index >= 15 is 0 Å². The number of nitrogens with zero attached hydrogens (tertiary/aromatic N) is 3. The van der Waals surface area contributed by atoms with Gasteiger partial charge in [0.05, 0.1) is 25.0 Å². The van der Waals surface area contributed by atoms with Crippen molar-refractivity contribution in [3.05, 3.63) is 64.3 Å². The molecule has 0 spiro atoms. The number of hydrogen-bond donors (Lipinski definition) is 1. The number of pyridine rings is 1. The van der Waals surface area contributed by atoms with E-state index in [0.717, 1.165) is 51.2 Å². The molecule has 0 radical (unpaired) electrons. The number of rotatable bonds is 7. The fraction of sp³-hybridized carbons (Fsp3) is 0.407. The number of aliphatic hydroxyl groups excluding tert-OH is 1. The molecule has 0 amide bonds. The first-order valence-corrected chi connectivity index (χ1v) is 12.5. The molecule has 1 saturated heterocycles. The number of imidazole rings is 1. The van der Waals surface area contributed by atoms with Crippen molar-refractivity contribution in [3.63, 3.8) is 0 Å². The standard InChI is InChI=1S/C27H32BrN3O4/c1-6-14-35-27(4)10-12-30(13-11-27)25-22(23(32)26(33)34-5)17(2)18(3)24-29-21(16-31(24)25)19-8-7-9-20(28)15-19/h6-9,15-16,23,32H,1,10-14H2,2-5H3/t23-/m0/s1. The predicted octanol–water partition coefficient (Wildman–Crippen LogP) is 5.15. The second kappa shape index (κ2) is 10.1. The van der Waals surface area contributed by atoms with Crippen molar-refractivity contribution in [2.24, 2.45) is 0 Å². The Labute approximate surface area is 214 Å². The summed E-state index contributed by atoms with van der Waals surface area (Å²) in [5.74, 6) is 0.0807. The van der Waals surface area contributed by atoms with Crippen LogP contribution in [0.3, 0.4) is 0 Å². The highest BCUT2D eigenvalue weighted by Gasteiger charge is 2.35. The molecule has 1 N–H and O–H groups in total. The topological polar surface area (TPSA) is 76.3 Å². The summed E-state index contributed by atoms with van der Waals surface area (Å²) in [5.41, 5.74) is 4.62. The molecule has 1 aliphatic rings. The fourth-order valence-electron chi connectivity index (χ4n) is 4.74. The molecule has 0 aliphatic carbocycles. The number of hydrogen-bond acceptors (Lipinski definition) is 6. The number of aliphatic hydroxyl groups is 1. The van der Waals surface area contributed by atoms with Crippen molar-refractivity contribution < 1.29 is 19.4 Å². The van der Waals surface area contributed by atoms with Gasteiger partial charge in [-0.25, -0.2) is 9.78 Å². The lowest BCUT2D eigenvalue weighted by Crippen LogP contribution is -2.45. The SMILES string of the molecule is C=CCOC1(C)CCN(c2c([C@H](O)C(=O)OC)c(C)c(C)c3nc(-c4cccc(Br)c4)cn23)CC1. The summed E-state index contributed by atoms with van der Waals surface area (Å²) in [5, 5.41) is 11.1. The summed E-state index contributed by atoms with van der Waals surface area (Å²) in [4.78, 5) is 19.7. The maximum atomic E-state index is 12.5. The lowest BCUT2D eigenvalue weighted by molar-refractivity contribution is -0.150. The Morgan fingerprint density at radius 2 is 2.03 bits per heavy atom. The quantitative estimate of drug-likeness (QED) is 0.329. The monoisotopic (exact) mass is 541 g/mol. The highest BCUT2D eigenvalue weighted by molar-refractivity contribution is 9.10. The number of esters is 1. The van der Waals surface area contributed by atoms with Crippen LogP contribution in [-0.4, -0.2) is 52.9 Å². The fourth-order valence-corrected chi connectivity index (χ4v) is 5.14. The molecule has 186 valence electrons. The van der Waals surface area contributed by atoms with E-state index in [4.69, 9.17) is 14.5 Å². The minimum atomic E-state index is -1.40. The molecule has 2 aromatic heterocycles. The number of halogens is 1. The Hall–Kier alpha value is -2.68. The van der Waals surface area contributed by atoms with E-state index in [9.17, 15) is 9.90 Å². The van der Waals surface area contributed by atoms with E-state index < -0.39 is 12.1 Å². The third-order valence-electron chi connectivity index (χ3n) is 6.97. The zero-order valence-electron chi connectivity index (χ0n) is 20.7. The van der Waals surface area contributed by atoms with Crippen molar-refractivity contribution in [1.82, 2.24) is 9.38 Å². The van der Waals surface area contributed by atoms with E-state index in [0.29, 0.717) is 25.3 Å². The van der Waals surface area contributed by atoms with Gasteiger partial charge < -0.3 is 19.5 Å². The molecule has 35 heavy (non-hydrogen) atoms. The van der Waals surface area contributed by atoms with E-state index in [1.54, 1.807) is 6.08 Å². The second-order valence-electron chi connectivity index (χ2n) is 9.28. The number of benzene rings is 1. The molecular formula is C27H32BrN3O4. The third-order valence-corrected chi connectivity index (χ3v) is 7.46. The van der Waals surface area contributed by atoms with Gasteiger partial charge in [0, 0.05) is 34.9 Å². The summed E-state index contributed by atoms with van der Waals surface area (Å²) in [6.45, 7) is 11.7. The zero-order chi connectivity index (χ0) is 25.3. The molecule has 3 aromatic rings. The Kier molecular flexibility index (Phi) is 7.35. The van der Waals surface area contributed by atoms with Crippen LogP contribution in [0.25, 0.3) is 16.9 Å². The zero-order valence-corrected chi connectivity index (χ0v) is 22.3. The number of anilines is 1. The molecular weight excluding hydrogens is 510 g/mol. The minimum Gasteiger partial charge on any atom is -0.467 e. The summed E-state index contributed by atoms with van der Waals surface area (Å²) < 4.78 is 13.9. The second-order valence-corrected chi connectivity index (χ2v) is 10.2. The lowest BCUT2D eigenvalue weighted by atomic mass is 9.92. The summed E-state index contributed by atoms with van der Waals surface area (Å²) in [6, 6.07) is 7.99.